The van der Waals surface area contributed by atoms with Crippen molar-refractivity contribution in [2.45, 2.75) is 19.4 Å². The Kier molecular flexibility index (Phi) is 1.86. The van der Waals surface area contributed by atoms with Crippen molar-refractivity contribution in [1.82, 2.24) is 5.16 Å². The van der Waals surface area contributed by atoms with E-state index >= 15 is 0 Å². The van der Waals surface area contributed by atoms with Crippen LogP contribution in [0.5, 0.6) is 0 Å². The predicted octanol–water partition coefficient (Wildman–Crippen LogP) is 2.30. The van der Waals surface area contributed by atoms with Crippen LogP contribution in [0.4, 0.5) is 0 Å². The maximum Gasteiger partial charge on any atom is 0.177 e. The van der Waals surface area contributed by atoms with Crippen LogP contribution in [-0.2, 0) is 0 Å². The standard InChI is InChI=1S/C8H10N2OS/c1-2-5(9)7-8-6(11-10-7)3-4-12-8/h3-5H,2,9H2,1H3. The number of hydrogen-bond donors (Lipinski definition) is 1. The first kappa shape index (κ1) is 7.76. The van der Waals surface area contributed by atoms with Gasteiger partial charge in [0.05, 0.1) is 10.7 Å². The molecule has 4 heteroatoms. The highest BCUT2D eigenvalue weighted by atomic mass is 32.1. The van der Waals surface area contributed by atoms with Crippen LogP contribution in [0, 0.1) is 0 Å². The number of nitrogens with two attached hydrogens (primary N) is 1. The lowest BCUT2D eigenvalue weighted by molar-refractivity contribution is 0.436. The van der Waals surface area contributed by atoms with Gasteiger partial charge in [-0.15, -0.1) is 11.3 Å². The van der Waals surface area contributed by atoms with E-state index in [0.29, 0.717) is 0 Å². The zero-order valence-electron chi connectivity index (χ0n) is 6.78. The molecule has 2 heterocycles. The minimum atomic E-state index is 0.00454. The Morgan fingerprint density at radius 1 is 1.75 bits per heavy atom. The van der Waals surface area contributed by atoms with Gasteiger partial charge in [0, 0.05) is 0 Å². The SMILES string of the molecule is CCC(N)c1noc2ccsc12. The van der Waals surface area contributed by atoms with Gasteiger partial charge in [0.15, 0.2) is 5.58 Å². The van der Waals surface area contributed by atoms with Crippen LogP contribution in [0.25, 0.3) is 10.3 Å². The molecule has 0 aliphatic rings. The zero-order chi connectivity index (χ0) is 8.55. The normalized spacial score (nSPS) is 13.8. The minimum absolute atomic E-state index is 0.00454. The van der Waals surface area contributed by atoms with Gasteiger partial charge in [-0.1, -0.05) is 12.1 Å². The van der Waals surface area contributed by atoms with Crippen molar-refractivity contribution in [3.63, 3.8) is 0 Å². The first-order valence-corrected chi connectivity index (χ1v) is 4.79. The molecule has 12 heavy (non-hydrogen) atoms. The Balaban J connectivity index is 2.53. The highest BCUT2D eigenvalue weighted by molar-refractivity contribution is 7.17. The quantitative estimate of drug-likeness (QED) is 0.775. The number of thiophene rings is 1. The largest absolute Gasteiger partial charge is 0.355 e. The van der Waals surface area contributed by atoms with E-state index in [-0.39, 0.29) is 6.04 Å². The first-order valence-electron chi connectivity index (χ1n) is 3.91. The van der Waals surface area contributed by atoms with Crippen molar-refractivity contribution in [2.75, 3.05) is 0 Å². The average molecular weight is 182 g/mol. The summed E-state index contributed by atoms with van der Waals surface area (Å²) in [6.45, 7) is 2.04. The fraction of sp³-hybridized carbons (Fsp3) is 0.375. The second-order valence-corrected chi connectivity index (χ2v) is 3.61. The van der Waals surface area contributed by atoms with Crippen LogP contribution in [0.3, 0.4) is 0 Å². The smallest absolute Gasteiger partial charge is 0.177 e. The van der Waals surface area contributed by atoms with E-state index < -0.39 is 0 Å². The third-order valence-electron chi connectivity index (χ3n) is 1.90. The summed E-state index contributed by atoms with van der Waals surface area (Å²) in [4.78, 5) is 0. The summed E-state index contributed by atoms with van der Waals surface area (Å²) in [6, 6.07) is 1.92. The molecule has 0 fully saturated rings. The van der Waals surface area contributed by atoms with Gasteiger partial charge < -0.3 is 10.3 Å². The zero-order valence-corrected chi connectivity index (χ0v) is 7.60. The van der Waals surface area contributed by atoms with Gasteiger partial charge in [-0.3, -0.25) is 0 Å². The van der Waals surface area contributed by atoms with Crippen molar-refractivity contribution in [2.24, 2.45) is 5.73 Å². The summed E-state index contributed by atoms with van der Waals surface area (Å²) in [5, 5.41) is 5.92. The molecule has 3 nitrogen and oxygen atoms in total. The molecule has 0 aliphatic heterocycles. The van der Waals surface area contributed by atoms with Crippen LogP contribution in [-0.4, -0.2) is 5.16 Å². The highest BCUT2D eigenvalue weighted by Crippen LogP contribution is 2.28. The molecule has 0 radical (unpaired) electrons. The highest BCUT2D eigenvalue weighted by Gasteiger charge is 2.14. The lowest BCUT2D eigenvalue weighted by atomic mass is 10.2. The lowest BCUT2D eigenvalue weighted by Gasteiger charge is -2.01. The number of aromatic nitrogens is 1. The number of fused-ring (bicyclic) bond motifs is 1. The molecule has 2 rings (SSSR count). The number of rotatable bonds is 2. The molecule has 2 N–H and O–H groups in total. The van der Waals surface area contributed by atoms with E-state index in [0.717, 1.165) is 22.4 Å². The molecule has 2 aromatic heterocycles. The molecule has 0 bridgehead atoms. The maximum absolute atomic E-state index is 5.85. The van der Waals surface area contributed by atoms with Gasteiger partial charge in [-0.05, 0) is 17.9 Å². The Morgan fingerprint density at radius 3 is 3.33 bits per heavy atom. The van der Waals surface area contributed by atoms with E-state index in [9.17, 15) is 0 Å². The van der Waals surface area contributed by atoms with Crippen molar-refractivity contribution in [1.29, 1.82) is 0 Å². The molecular formula is C8H10N2OS. The van der Waals surface area contributed by atoms with Gasteiger partial charge in [0.2, 0.25) is 0 Å². The summed E-state index contributed by atoms with van der Waals surface area (Å²) >= 11 is 1.63. The number of hydrogen-bond acceptors (Lipinski definition) is 4. The molecule has 0 spiro atoms. The average Bonchev–Trinajstić information content (AvgIpc) is 2.62. The third-order valence-corrected chi connectivity index (χ3v) is 2.81. The fourth-order valence-electron chi connectivity index (χ4n) is 1.13. The number of nitrogens with zero attached hydrogens (tertiary/aromatic N) is 1. The van der Waals surface area contributed by atoms with Crippen molar-refractivity contribution in [3.8, 4) is 0 Å². The molecule has 1 unspecified atom stereocenters. The molecule has 0 saturated carbocycles. The van der Waals surface area contributed by atoms with Crippen LogP contribution in [0.15, 0.2) is 16.0 Å². The predicted molar refractivity (Wildman–Crippen MR) is 49.1 cm³/mol. The van der Waals surface area contributed by atoms with Gasteiger partial charge >= 0.3 is 0 Å². The third kappa shape index (κ3) is 1.04. The van der Waals surface area contributed by atoms with E-state index in [1.807, 2.05) is 18.4 Å². The van der Waals surface area contributed by atoms with Crippen molar-refractivity contribution >= 4 is 21.6 Å². The van der Waals surface area contributed by atoms with Gasteiger partial charge in [0.1, 0.15) is 5.69 Å². The monoisotopic (exact) mass is 182 g/mol. The van der Waals surface area contributed by atoms with Crippen LogP contribution in [0.1, 0.15) is 25.1 Å². The summed E-state index contributed by atoms with van der Waals surface area (Å²) in [5.41, 5.74) is 7.59. The lowest BCUT2D eigenvalue weighted by Crippen LogP contribution is -2.08. The first-order chi connectivity index (χ1) is 5.83. The fourth-order valence-corrected chi connectivity index (χ4v) is 1.98. The van der Waals surface area contributed by atoms with Gasteiger partial charge in [-0.25, -0.2) is 0 Å². The van der Waals surface area contributed by atoms with Crippen molar-refractivity contribution in [3.05, 3.63) is 17.1 Å². The Bertz CT molecular complexity index is 379. The second-order valence-electron chi connectivity index (χ2n) is 2.70. The van der Waals surface area contributed by atoms with E-state index in [2.05, 4.69) is 5.16 Å². The van der Waals surface area contributed by atoms with Gasteiger partial charge in [0.25, 0.3) is 0 Å². The molecule has 0 aliphatic carbocycles. The van der Waals surface area contributed by atoms with Crippen LogP contribution < -0.4 is 5.73 Å². The van der Waals surface area contributed by atoms with Gasteiger partial charge in [-0.2, -0.15) is 0 Å². The Hall–Kier alpha value is -0.870. The van der Waals surface area contributed by atoms with Crippen molar-refractivity contribution < 1.29 is 4.52 Å². The summed E-state index contributed by atoms with van der Waals surface area (Å²) in [5.74, 6) is 0. The summed E-state index contributed by atoms with van der Waals surface area (Å²) in [6.07, 6.45) is 0.888. The molecule has 2 aromatic rings. The molecular weight excluding hydrogens is 172 g/mol. The van der Waals surface area contributed by atoms with E-state index in [1.165, 1.54) is 0 Å². The maximum atomic E-state index is 5.85. The van der Waals surface area contributed by atoms with E-state index in [4.69, 9.17) is 10.3 Å². The van der Waals surface area contributed by atoms with Crippen LogP contribution in [0.2, 0.25) is 0 Å². The molecule has 1 atom stereocenters. The summed E-state index contributed by atoms with van der Waals surface area (Å²) < 4.78 is 6.18. The Labute approximate surface area is 74.2 Å². The molecule has 0 aromatic carbocycles. The molecule has 0 saturated heterocycles. The van der Waals surface area contributed by atoms with E-state index in [1.54, 1.807) is 11.3 Å². The Morgan fingerprint density at radius 2 is 2.58 bits per heavy atom. The molecule has 0 amide bonds. The second kappa shape index (κ2) is 2.88. The minimum Gasteiger partial charge on any atom is -0.355 e. The van der Waals surface area contributed by atoms with Crippen LogP contribution >= 0.6 is 11.3 Å². The molecule has 64 valence electrons. The topological polar surface area (TPSA) is 52.0 Å². The summed E-state index contributed by atoms with van der Waals surface area (Å²) in [7, 11) is 0.